The first kappa shape index (κ1) is 27.1. The Hall–Kier alpha value is -3.51. The van der Waals surface area contributed by atoms with Gasteiger partial charge in [-0.05, 0) is 60.9 Å². The number of methoxy groups -OCH3 is 1. The number of rotatable bonds is 12. The Morgan fingerprint density at radius 3 is 2.25 bits per heavy atom. The summed E-state index contributed by atoms with van der Waals surface area (Å²) in [6.07, 6.45) is 1.16. The maximum Gasteiger partial charge on any atom is 0.261 e. The number of halogens is 1. The molecule has 2 amide bonds. The van der Waals surface area contributed by atoms with Gasteiger partial charge in [-0.3, -0.25) is 9.59 Å². The summed E-state index contributed by atoms with van der Waals surface area (Å²) < 4.78 is 11.0. The van der Waals surface area contributed by atoms with Gasteiger partial charge in [0.15, 0.2) is 6.61 Å². The van der Waals surface area contributed by atoms with Crippen LogP contribution in [0.3, 0.4) is 0 Å². The van der Waals surface area contributed by atoms with E-state index in [0.29, 0.717) is 22.9 Å². The van der Waals surface area contributed by atoms with Gasteiger partial charge in [0.2, 0.25) is 5.91 Å². The Morgan fingerprint density at radius 2 is 1.61 bits per heavy atom. The Labute approximate surface area is 218 Å². The van der Waals surface area contributed by atoms with Crippen molar-refractivity contribution in [2.75, 3.05) is 13.7 Å². The molecule has 0 fully saturated rings. The van der Waals surface area contributed by atoms with E-state index >= 15 is 0 Å². The van der Waals surface area contributed by atoms with Crippen molar-refractivity contribution in [2.45, 2.75) is 45.3 Å². The smallest absolute Gasteiger partial charge is 0.261 e. The fourth-order valence-corrected chi connectivity index (χ4v) is 3.94. The molecule has 0 radical (unpaired) electrons. The zero-order chi connectivity index (χ0) is 25.9. The minimum Gasteiger partial charge on any atom is -0.497 e. The van der Waals surface area contributed by atoms with E-state index in [4.69, 9.17) is 21.1 Å². The van der Waals surface area contributed by atoms with Gasteiger partial charge in [0.1, 0.15) is 17.5 Å². The van der Waals surface area contributed by atoms with Gasteiger partial charge in [0.25, 0.3) is 5.91 Å². The lowest BCUT2D eigenvalue weighted by atomic mass is 10.0. The van der Waals surface area contributed by atoms with Crippen LogP contribution in [-0.4, -0.2) is 42.5 Å². The third-order valence-electron chi connectivity index (χ3n) is 5.94. The molecule has 3 aromatic carbocycles. The molecule has 0 saturated heterocycles. The van der Waals surface area contributed by atoms with Crippen LogP contribution in [0, 0.1) is 0 Å². The van der Waals surface area contributed by atoms with Gasteiger partial charge in [-0.15, -0.1) is 0 Å². The zero-order valence-electron chi connectivity index (χ0n) is 20.9. The van der Waals surface area contributed by atoms with Crippen LogP contribution in [0.5, 0.6) is 11.5 Å². The van der Waals surface area contributed by atoms with Crippen LogP contribution in [-0.2, 0) is 22.6 Å². The van der Waals surface area contributed by atoms with Crippen molar-refractivity contribution in [1.29, 1.82) is 0 Å². The van der Waals surface area contributed by atoms with E-state index in [1.54, 1.807) is 48.4 Å². The number of nitrogens with zero attached hydrogens (tertiary/aromatic N) is 1. The van der Waals surface area contributed by atoms with Crippen molar-refractivity contribution in [1.82, 2.24) is 10.2 Å². The summed E-state index contributed by atoms with van der Waals surface area (Å²) in [6, 6.07) is 23.3. The van der Waals surface area contributed by atoms with Crippen LogP contribution in [0.15, 0.2) is 78.9 Å². The molecule has 0 spiro atoms. The molecule has 0 aromatic heterocycles. The van der Waals surface area contributed by atoms with Gasteiger partial charge in [0, 0.05) is 24.0 Å². The molecule has 6 nitrogen and oxygen atoms in total. The number of amides is 2. The molecule has 0 aliphatic heterocycles. The lowest BCUT2D eigenvalue weighted by Crippen LogP contribution is -2.53. The van der Waals surface area contributed by atoms with Crippen LogP contribution >= 0.6 is 11.6 Å². The highest BCUT2D eigenvalue weighted by Crippen LogP contribution is 2.20. The Balaban J connectivity index is 1.89. The van der Waals surface area contributed by atoms with Gasteiger partial charge < -0.3 is 19.7 Å². The largest absolute Gasteiger partial charge is 0.497 e. The molecule has 0 unspecified atom stereocenters. The molecular formula is C29H33ClN2O4. The second-order valence-electron chi connectivity index (χ2n) is 8.64. The highest BCUT2D eigenvalue weighted by atomic mass is 35.5. The average Bonchev–Trinajstić information content (AvgIpc) is 2.90. The Bertz CT molecular complexity index is 1120. The Morgan fingerprint density at radius 1 is 0.944 bits per heavy atom. The second kappa shape index (κ2) is 13.5. The number of carbonyl (C=O) groups is 2. The third-order valence-corrected chi connectivity index (χ3v) is 6.17. The summed E-state index contributed by atoms with van der Waals surface area (Å²) in [7, 11) is 1.59. The number of nitrogens with one attached hydrogen (secondary N) is 1. The van der Waals surface area contributed by atoms with E-state index in [0.717, 1.165) is 17.5 Å². The van der Waals surface area contributed by atoms with E-state index in [9.17, 15) is 9.59 Å². The van der Waals surface area contributed by atoms with Crippen molar-refractivity contribution in [3.05, 3.63) is 95.0 Å². The molecule has 2 atom stereocenters. The van der Waals surface area contributed by atoms with Gasteiger partial charge in [-0.1, -0.05) is 61.0 Å². The topological polar surface area (TPSA) is 67.9 Å². The first-order valence-corrected chi connectivity index (χ1v) is 12.4. The predicted molar refractivity (Wildman–Crippen MR) is 142 cm³/mol. The molecule has 3 rings (SSSR count). The van der Waals surface area contributed by atoms with Crippen LogP contribution < -0.4 is 14.8 Å². The Kier molecular flexibility index (Phi) is 10.2. The molecule has 36 heavy (non-hydrogen) atoms. The molecule has 0 aliphatic carbocycles. The van der Waals surface area contributed by atoms with Gasteiger partial charge in [0.05, 0.1) is 7.11 Å². The minimum absolute atomic E-state index is 0.0190. The molecular weight excluding hydrogens is 476 g/mol. The van der Waals surface area contributed by atoms with Crippen LogP contribution in [0.25, 0.3) is 0 Å². The van der Waals surface area contributed by atoms with Crippen LogP contribution in [0.1, 0.15) is 31.4 Å². The first-order chi connectivity index (χ1) is 17.4. The summed E-state index contributed by atoms with van der Waals surface area (Å²) >= 11 is 6.22. The van der Waals surface area contributed by atoms with Gasteiger partial charge in [-0.2, -0.15) is 0 Å². The summed E-state index contributed by atoms with van der Waals surface area (Å²) in [6.45, 7) is 3.97. The lowest BCUT2D eigenvalue weighted by Gasteiger charge is -2.32. The standard InChI is InChI=1S/C29H33ClN2O4/c1-4-21(2)31-29(34)27(18-22-9-6-5-7-10-22)32(19-23-11-8-12-24(30)17-23)28(33)20-36-26-15-13-25(35-3)14-16-26/h5-17,21,27H,4,18-20H2,1-3H3,(H,31,34)/t21-,27+/m0/s1. The van der Waals surface area contributed by atoms with Crippen LogP contribution in [0.2, 0.25) is 5.02 Å². The molecule has 0 heterocycles. The first-order valence-electron chi connectivity index (χ1n) is 12.0. The fourth-order valence-electron chi connectivity index (χ4n) is 3.73. The van der Waals surface area contributed by atoms with Crippen molar-refractivity contribution < 1.29 is 19.1 Å². The molecule has 7 heteroatoms. The summed E-state index contributed by atoms with van der Waals surface area (Å²) in [5.41, 5.74) is 1.79. The number of ether oxygens (including phenoxy) is 2. The quantitative estimate of drug-likeness (QED) is 0.361. The summed E-state index contributed by atoms with van der Waals surface area (Å²) in [4.78, 5) is 28.6. The number of hydrogen-bond donors (Lipinski definition) is 1. The minimum atomic E-state index is -0.729. The maximum absolute atomic E-state index is 13.6. The monoisotopic (exact) mass is 508 g/mol. The van der Waals surface area contributed by atoms with E-state index in [1.165, 1.54) is 0 Å². The fraction of sp³-hybridized carbons (Fsp3) is 0.310. The highest BCUT2D eigenvalue weighted by Gasteiger charge is 2.31. The van der Waals surface area contributed by atoms with Crippen molar-refractivity contribution >= 4 is 23.4 Å². The average molecular weight is 509 g/mol. The molecule has 0 bridgehead atoms. The number of carbonyl (C=O) groups excluding carboxylic acids is 2. The van der Waals surface area contributed by atoms with Crippen LogP contribution in [0.4, 0.5) is 0 Å². The van der Waals surface area contributed by atoms with Crippen molar-refractivity contribution in [2.24, 2.45) is 0 Å². The zero-order valence-corrected chi connectivity index (χ0v) is 21.7. The van der Waals surface area contributed by atoms with Gasteiger partial charge >= 0.3 is 0 Å². The number of benzene rings is 3. The normalized spacial score (nSPS) is 12.3. The molecule has 0 saturated carbocycles. The van der Waals surface area contributed by atoms with E-state index in [1.807, 2.05) is 56.3 Å². The SMILES string of the molecule is CC[C@H](C)NC(=O)[C@@H](Cc1ccccc1)N(Cc1cccc(Cl)c1)C(=O)COc1ccc(OC)cc1. The van der Waals surface area contributed by atoms with E-state index in [-0.39, 0.29) is 31.0 Å². The summed E-state index contributed by atoms with van der Waals surface area (Å²) in [5, 5.41) is 3.62. The van der Waals surface area contributed by atoms with E-state index in [2.05, 4.69) is 5.32 Å². The number of hydrogen-bond acceptors (Lipinski definition) is 4. The summed E-state index contributed by atoms with van der Waals surface area (Å²) in [5.74, 6) is 0.732. The van der Waals surface area contributed by atoms with E-state index < -0.39 is 6.04 Å². The van der Waals surface area contributed by atoms with Gasteiger partial charge in [-0.25, -0.2) is 0 Å². The predicted octanol–water partition coefficient (Wildman–Crippen LogP) is 5.28. The highest BCUT2D eigenvalue weighted by molar-refractivity contribution is 6.30. The van der Waals surface area contributed by atoms with Crippen molar-refractivity contribution in [3.63, 3.8) is 0 Å². The lowest BCUT2D eigenvalue weighted by molar-refractivity contribution is -0.143. The maximum atomic E-state index is 13.6. The van der Waals surface area contributed by atoms with Crippen molar-refractivity contribution in [3.8, 4) is 11.5 Å². The molecule has 0 aliphatic rings. The molecule has 1 N–H and O–H groups in total. The molecule has 3 aromatic rings. The second-order valence-corrected chi connectivity index (χ2v) is 9.08. The molecule has 190 valence electrons. The third kappa shape index (κ3) is 8.02.